The molecule has 0 atom stereocenters. The zero-order valence-electron chi connectivity index (χ0n) is 6.54. The summed E-state index contributed by atoms with van der Waals surface area (Å²) >= 11 is 5.40. The zero-order chi connectivity index (χ0) is 8.69. The van der Waals surface area contributed by atoms with Crippen LogP contribution in [0.15, 0.2) is 10.3 Å². The Balaban J connectivity index is 3.63. The highest BCUT2D eigenvalue weighted by molar-refractivity contribution is 6.18. The van der Waals surface area contributed by atoms with Gasteiger partial charge in [0.25, 0.3) is 0 Å². The highest BCUT2D eigenvalue weighted by Crippen LogP contribution is 1.87. The SMILES string of the molecule is CNC(=O)/N=N/N(C)CCCl. The van der Waals surface area contributed by atoms with Crippen molar-refractivity contribution in [1.29, 1.82) is 0 Å². The molecule has 0 heterocycles. The lowest BCUT2D eigenvalue weighted by atomic mass is 10.7. The van der Waals surface area contributed by atoms with Crippen LogP contribution in [0.3, 0.4) is 0 Å². The van der Waals surface area contributed by atoms with Crippen molar-refractivity contribution in [2.75, 3.05) is 26.5 Å². The van der Waals surface area contributed by atoms with Crippen molar-refractivity contribution in [3.63, 3.8) is 0 Å². The first kappa shape index (κ1) is 10.2. The van der Waals surface area contributed by atoms with Gasteiger partial charge in [0.15, 0.2) is 0 Å². The second-order valence-electron chi connectivity index (χ2n) is 1.81. The highest BCUT2D eigenvalue weighted by atomic mass is 35.5. The average Bonchev–Trinajstić information content (AvgIpc) is 2.01. The van der Waals surface area contributed by atoms with Crippen LogP contribution < -0.4 is 5.32 Å². The molecule has 0 aromatic heterocycles. The van der Waals surface area contributed by atoms with E-state index < -0.39 is 6.03 Å². The Labute approximate surface area is 70.4 Å². The van der Waals surface area contributed by atoms with Gasteiger partial charge in [0, 0.05) is 20.0 Å². The summed E-state index contributed by atoms with van der Waals surface area (Å²) < 4.78 is 0. The van der Waals surface area contributed by atoms with Crippen LogP contribution in [-0.2, 0) is 0 Å². The van der Waals surface area contributed by atoms with Gasteiger partial charge in [-0.15, -0.1) is 11.6 Å². The van der Waals surface area contributed by atoms with E-state index in [-0.39, 0.29) is 0 Å². The topological polar surface area (TPSA) is 57.1 Å². The number of rotatable bonds is 3. The molecular weight excluding hydrogens is 168 g/mol. The molecule has 0 aliphatic carbocycles. The summed E-state index contributed by atoms with van der Waals surface area (Å²) in [5, 5.41) is 10.6. The third kappa shape index (κ3) is 5.60. The summed E-state index contributed by atoms with van der Waals surface area (Å²) in [6.07, 6.45) is 0. The maximum Gasteiger partial charge on any atom is 0.360 e. The van der Waals surface area contributed by atoms with E-state index in [1.165, 1.54) is 12.1 Å². The second kappa shape index (κ2) is 5.91. The number of amides is 2. The molecule has 5 nitrogen and oxygen atoms in total. The van der Waals surface area contributed by atoms with Gasteiger partial charge in [-0.25, -0.2) is 4.79 Å². The van der Waals surface area contributed by atoms with E-state index in [1.807, 2.05) is 0 Å². The number of hydrogen-bond donors (Lipinski definition) is 1. The minimum absolute atomic E-state index is 0.462. The van der Waals surface area contributed by atoms with Crippen LogP contribution in [0.2, 0.25) is 0 Å². The lowest BCUT2D eigenvalue weighted by Gasteiger charge is -2.06. The second-order valence-corrected chi connectivity index (χ2v) is 2.19. The maximum absolute atomic E-state index is 10.5. The minimum Gasteiger partial charge on any atom is -0.338 e. The Morgan fingerprint density at radius 3 is 2.82 bits per heavy atom. The molecule has 11 heavy (non-hydrogen) atoms. The van der Waals surface area contributed by atoms with Gasteiger partial charge in [-0.3, -0.25) is 5.01 Å². The number of carbonyl (C=O) groups excluding carboxylic acids is 1. The molecule has 0 radical (unpaired) electrons. The number of nitrogens with one attached hydrogen (secondary N) is 1. The van der Waals surface area contributed by atoms with Gasteiger partial charge in [-0.2, -0.15) is 0 Å². The zero-order valence-corrected chi connectivity index (χ0v) is 7.30. The standard InChI is InChI=1S/C5H11ClN4O/c1-7-5(11)8-9-10(2)4-3-6/h3-4H2,1-2H3,(H,7,11)/b9-8+. The van der Waals surface area contributed by atoms with E-state index in [9.17, 15) is 4.79 Å². The van der Waals surface area contributed by atoms with Gasteiger partial charge < -0.3 is 5.32 Å². The van der Waals surface area contributed by atoms with Crippen molar-refractivity contribution in [1.82, 2.24) is 10.3 Å². The minimum atomic E-state index is -0.466. The fourth-order valence-corrected chi connectivity index (χ4v) is 0.579. The Bertz CT molecular complexity index is 149. The maximum atomic E-state index is 10.5. The van der Waals surface area contributed by atoms with Crippen LogP contribution in [0.25, 0.3) is 0 Å². The monoisotopic (exact) mass is 178 g/mol. The molecule has 0 saturated carbocycles. The largest absolute Gasteiger partial charge is 0.360 e. The fraction of sp³-hybridized carbons (Fsp3) is 0.800. The van der Waals surface area contributed by atoms with Crippen molar-refractivity contribution in [3.05, 3.63) is 0 Å². The summed E-state index contributed by atoms with van der Waals surface area (Å²) in [5.74, 6) is 0.462. The van der Waals surface area contributed by atoms with Crippen molar-refractivity contribution < 1.29 is 4.79 Å². The number of alkyl halides is 1. The first-order valence-electron chi connectivity index (χ1n) is 3.11. The molecule has 1 N–H and O–H groups in total. The number of carbonyl (C=O) groups is 1. The number of urea groups is 1. The van der Waals surface area contributed by atoms with E-state index >= 15 is 0 Å². The Morgan fingerprint density at radius 1 is 1.73 bits per heavy atom. The van der Waals surface area contributed by atoms with Crippen molar-refractivity contribution >= 4 is 17.6 Å². The van der Waals surface area contributed by atoms with E-state index in [4.69, 9.17) is 11.6 Å². The summed E-state index contributed by atoms with van der Waals surface area (Å²) in [5.41, 5.74) is 0. The predicted octanol–water partition coefficient (Wildman–Crippen LogP) is 0.864. The number of halogens is 1. The van der Waals surface area contributed by atoms with Gasteiger partial charge in [0.05, 0.1) is 6.54 Å². The quantitative estimate of drug-likeness (QED) is 0.396. The molecule has 0 saturated heterocycles. The first-order valence-corrected chi connectivity index (χ1v) is 3.64. The lowest BCUT2D eigenvalue weighted by molar-refractivity contribution is 0.245. The van der Waals surface area contributed by atoms with Crippen molar-refractivity contribution in [2.24, 2.45) is 10.3 Å². The molecule has 0 rings (SSSR count). The van der Waals surface area contributed by atoms with E-state index in [0.29, 0.717) is 12.4 Å². The third-order valence-corrected chi connectivity index (χ3v) is 1.08. The molecule has 6 heteroatoms. The smallest absolute Gasteiger partial charge is 0.338 e. The van der Waals surface area contributed by atoms with Crippen molar-refractivity contribution in [2.45, 2.75) is 0 Å². The fourth-order valence-electron chi connectivity index (χ4n) is 0.334. The normalized spacial score (nSPS) is 10.1. The van der Waals surface area contributed by atoms with Gasteiger partial charge in [-0.05, 0) is 0 Å². The van der Waals surface area contributed by atoms with Crippen LogP contribution in [0.5, 0.6) is 0 Å². The van der Waals surface area contributed by atoms with E-state index in [0.717, 1.165) is 0 Å². The highest BCUT2D eigenvalue weighted by Gasteiger charge is 1.93. The van der Waals surface area contributed by atoms with Gasteiger partial charge in [-0.1, -0.05) is 10.3 Å². The Hall–Kier alpha value is -0.840. The van der Waals surface area contributed by atoms with E-state index in [2.05, 4.69) is 15.7 Å². The molecule has 0 aromatic carbocycles. The van der Waals surface area contributed by atoms with Crippen LogP contribution in [0, 0.1) is 0 Å². The molecule has 0 fully saturated rings. The molecular formula is C5H11ClN4O. The summed E-state index contributed by atoms with van der Waals surface area (Å²) in [4.78, 5) is 10.5. The van der Waals surface area contributed by atoms with Crippen LogP contribution in [0.1, 0.15) is 0 Å². The average molecular weight is 179 g/mol. The van der Waals surface area contributed by atoms with Gasteiger partial charge in [0.2, 0.25) is 0 Å². The Kier molecular flexibility index (Phi) is 5.46. The number of hydrogen-bond acceptors (Lipinski definition) is 2. The molecule has 0 spiro atoms. The molecule has 0 bridgehead atoms. The van der Waals surface area contributed by atoms with E-state index in [1.54, 1.807) is 7.05 Å². The van der Waals surface area contributed by atoms with Gasteiger partial charge >= 0.3 is 6.03 Å². The summed E-state index contributed by atoms with van der Waals surface area (Å²) in [7, 11) is 3.18. The lowest BCUT2D eigenvalue weighted by Crippen LogP contribution is -2.16. The van der Waals surface area contributed by atoms with Crippen molar-refractivity contribution in [3.8, 4) is 0 Å². The summed E-state index contributed by atoms with van der Waals surface area (Å²) in [6, 6.07) is -0.466. The third-order valence-electron chi connectivity index (χ3n) is 0.910. The van der Waals surface area contributed by atoms with Crippen LogP contribution in [0.4, 0.5) is 4.79 Å². The molecule has 0 aliphatic heterocycles. The molecule has 0 aromatic rings. The Morgan fingerprint density at radius 2 is 2.36 bits per heavy atom. The van der Waals surface area contributed by atoms with Gasteiger partial charge in [0.1, 0.15) is 0 Å². The first-order chi connectivity index (χ1) is 5.20. The molecule has 2 amide bonds. The number of nitrogens with zero attached hydrogens (tertiary/aromatic N) is 3. The molecule has 0 aliphatic rings. The van der Waals surface area contributed by atoms with Crippen LogP contribution in [-0.4, -0.2) is 37.6 Å². The summed E-state index contributed by atoms with van der Waals surface area (Å²) in [6.45, 7) is 0.571. The van der Waals surface area contributed by atoms with Crippen LogP contribution >= 0.6 is 11.6 Å². The predicted molar refractivity (Wildman–Crippen MR) is 42.7 cm³/mol. The molecule has 0 unspecified atom stereocenters. The molecule has 64 valence electrons.